The molecule has 0 spiro atoms. The van der Waals surface area contributed by atoms with Crippen LogP contribution >= 0.6 is 0 Å². The number of carbonyl (C=O) groups excluding carboxylic acids is 1. The first-order valence-corrected chi connectivity index (χ1v) is 6.29. The normalized spacial score (nSPS) is 20.5. The molecule has 20 heavy (non-hydrogen) atoms. The lowest BCUT2D eigenvalue weighted by molar-refractivity contribution is -0.169. The maximum atomic E-state index is 12.8. The number of tetrazole rings is 1. The molecule has 1 aliphatic rings. The van der Waals surface area contributed by atoms with Gasteiger partial charge in [0.05, 0.1) is 5.54 Å². The summed E-state index contributed by atoms with van der Waals surface area (Å²) in [5, 5.41) is 11.2. The van der Waals surface area contributed by atoms with Crippen LogP contribution in [0.15, 0.2) is 0 Å². The van der Waals surface area contributed by atoms with Crippen LogP contribution in [0, 0.1) is 0 Å². The Morgan fingerprint density at radius 1 is 1.30 bits per heavy atom. The molecule has 1 aliphatic heterocycles. The SMILES string of the molecule is CC(C)(C)n1nnc(C(=O)N2CCC[C@H]2C(F)(F)F)n1. The summed E-state index contributed by atoms with van der Waals surface area (Å²) < 4.78 is 38.5. The Labute approximate surface area is 113 Å². The fourth-order valence-electron chi connectivity index (χ4n) is 2.06. The van der Waals surface area contributed by atoms with Crippen LogP contribution in [0.1, 0.15) is 44.2 Å². The highest BCUT2D eigenvalue weighted by Crippen LogP contribution is 2.33. The van der Waals surface area contributed by atoms with Crippen LogP contribution in [0.3, 0.4) is 0 Å². The van der Waals surface area contributed by atoms with Gasteiger partial charge in [-0.2, -0.15) is 18.0 Å². The van der Waals surface area contributed by atoms with Crippen LogP contribution in [-0.2, 0) is 5.54 Å². The number of halogens is 3. The van der Waals surface area contributed by atoms with Gasteiger partial charge in [0, 0.05) is 6.54 Å². The molecule has 0 unspecified atom stereocenters. The summed E-state index contributed by atoms with van der Waals surface area (Å²) in [6, 6.07) is -1.75. The minimum atomic E-state index is -4.42. The third-order valence-corrected chi connectivity index (χ3v) is 3.10. The monoisotopic (exact) mass is 291 g/mol. The van der Waals surface area contributed by atoms with E-state index in [2.05, 4.69) is 15.4 Å². The molecule has 1 amide bonds. The minimum absolute atomic E-state index is 0.0626. The second kappa shape index (κ2) is 4.71. The summed E-state index contributed by atoms with van der Waals surface area (Å²) in [6.07, 6.45) is -4.18. The summed E-state index contributed by atoms with van der Waals surface area (Å²) in [6.45, 7) is 5.47. The molecular formula is C11H16F3N5O. The van der Waals surface area contributed by atoms with Crippen molar-refractivity contribution in [1.29, 1.82) is 0 Å². The topological polar surface area (TPSA) is 63.9 Å². The highest BCUT2D eigenvalue weighted by molar-refractivity contribution is 5.90. The average molecular weight is 291 g/mol. The van der Waals surface area contributed by atoms with Crippen molar-refractivity contribution < 1.29 is 18.0 Å². The third kappa shape index (κ3) is 2.75. The van der Waals surface area contributed by atoms with Gasteiger partial charge >= 0.3 is 6.18 Å². The molecule has 1 saturated heterocycles. The number of likely N-dealkylation sites (tertiary alicyclic amines) is 1. The number of carbonyl (C=O) groups is 1. The first kappa shape index (κ1) is 14.7. The number of hydrogen-bond acceptors (Lipinski definition) is 4. The van der Waals surface area contributed by atoms with E-state index < -0.39 is 23.7 Å². The standard InChI is InChI=1S/C11H16F3N5O/c1-10(2,3)19-16-8(15-17-19)9(20)18-6-4-5-7(18)11(12,13)14/h7H,4-6H2,1-3H3/t7-/m0/s1. The number of aromatic nitrogens is 4. The van der Waals surface area contributed by atoms with Crippen molar-refractivity contribution >= 4 is 5.91 Å². The second-order valence-corrected chi connectivity index (χ2v) is 5.77. The molecule has 1 atom stereocenters. The Morgan fingerprint density at radius 2 is 1.95 bits per heavy atom. The molecule has 2 rings (SSSR count). The number of nitrogens with zero attached hydrogens (tertiary/aromatic N) is 5. The maximum Gasteiger partial charge on any atom is 0.408 e. The van der Waals surface area contributed by atoms with Gasteiger partial charge in [-0.25, -0.2) is 0 Å². The van der Waals surface area contributed by atoms with Crippen molar-refractivity contribution in [2.75, 3.05) is 6.54 Å². The molecule has 1 aromatic heterocycles. The molecule has 6 nitrogen and oxygen atoms in total. The summed E-state index contributed by atoms with van der Waals surface area (Å²) in [5.74, 6) is -1.11. The van der Waals surface area contributed by atoms with Crippen molar-refractivity contribution in [3.63, 3.8) is 0 Å². The van der Waals surface area contributed by atoms with Gasteiger partial charge in [0.25, 0.3) is 11.7 Å². The Morgan fingerprint density at radius 3 is 2.45 bits per heavy atom. The number of hydrogen-bond donors (Lipinski definition) is 0. The zero-order chi connectivity index (χ0) is 15.1. The Bertz CT molecular complexity index is 505. The lowest BCUT2D eigenvalue weighted by atomic mass is 10.1. The van der Waals surface area contributed by atoms with E-state index in [-0.39, 0.29) is 18.8 Å². The fourth-order valence-corrected chi connectivity index (χ4v) is 2.06. The first-order valence-electron chi connectivity index (χ1n) is 6.29. The molecule has 9 heteroatoms. The van der Waals surface area contributed by atoms with Gasteiger partial charge in [0.2, 0.25) is 0 Å². The van der Waals surface area contributed by atoms with E-state index in [1.165, 1.54) is 4.80 Å². The van der Waals surface area contributed by atoms with Crippen molar-refractivity contribution in [2.45, 2.75) is 51.4 Å². The Hall–Kier alpha value is -1.67. The molecule has 0 bridgehead atoms. The number of alkyl halides is 3. The molecule has 1 aromatic rings. The molecule has 0 aromatic carbocycles. The van der Waals surface area contributed by atoms with Crippen LogP contribution in [0.2, 0.25) is 0 Å². The van der Waals surface area contributed by atoms with Gasteiger partial charge in [0.1, 0.15) is 6.04 Å². The van der Waals surface area contributed by atoms with Crippen LogP contribution in [0.5, 0.6) is 0 Å². The number of rotatable bonds is 1. The molecule has 2 heterocycles. The van der Waals surface area contributed by atoms with E-state index in [0.717, 1.165) is 4.90 Å². The van der Waals surface area contributed by atoms with Gasteiger partial charge in [-0.05, 0) is 38.8 Å². The van der Waals surface area contributed by atoms with E-state index in [4.69, 9.17) is 0 Å². The van der Waals surface area contributed by atoms with Crippen LogP contribution < -0.4 is 0 Å². The molecule has 0 saturated carbocycles. The van der Waals surface area contributed by atoms with Crippen molar-refractivity contribution in [2.24, 2.45) is 0 Å². The predicted octanol–water partition coefficient (Wildman–Crippen LogP) is 1.59. The van der Waals surface area contributed by atoms with Crippen molar-refractivity contribution in [3.05, 3.63) is 5.82 Å². The molecule has 1 fully saturated rings. The van der Waals surface area contributed by atoms with Gasteiger partial charge in [-0.1, -0.05) is 0 Å². The smallest absolute Gasteiger partial charge is 0.324 e. The molecule has 0 radical (unpaired) electrons. The summed E-state index contributed by atoms with van der Waals surface area (Å²) >= 11 is 0. The molecule has 0 N–H and O–H groups in total. The van der Waals surface area contributed by atoms with Gasteiger partial charge in [0.15, 0.2) is 0 Å². The highest BCUT2D eigenvalue weighted by atomic mass is 19.4. The van der Waals surface area contributed by atoms with E-state index >= 15 is 0 Å². The summed E-state index contributed by atoms with van der Waals surface area (Å²) in [7, 11) is 0. The first-order chi connectivity index (χ1) is 9.10. The van der Waals surface area contributed by atoms with E-state index in [1.54, 1.807) is 20.8 Å². The summed E-state index contributed by atoms with van der Waals surface area (Å²) in [4.78, 5) is 14.1. The zero-order valence-electron chi connectivity index (χ0n) is 11.5. The Kier molecular flexibility index (Phi) is 3.47. The fraction of sp³-hybridized carbons (Fsp3) is 0.818. The van der Waals surface area contributed by atoms with E-state index in [9.17, 15) is 18.0 Å². The molecular weight excluding hydrogens is 275 g/mol. The van der Waals surface area contributed by atoms with E-state index in [1.807, 2.05) is 0 Å². The predicted molar refractivity (Wildman–Crippen MR) is 62.9 cm³/mol. The van der Waals surface area contributed by atoms with E-state index in [0.29, 0.717) is 6.42 Å². The van der Waals surface area contributed by atoms with Gasteiger partial charge in [-0.15, -0.1) is 10.2 Å². The van der Waals surface area contributed by atoms with Crippen LogP contribution in [0.25, 0.3) is 0 Å². The average Bonchev–Trinajstić information content (AvgIpc) is 2.95. The van der Waals surface area contributed by atoms with Crippen LogP contribution in [0.4, 0.5) is 13.2 Å². The minimum Gasteiger partial charge on any atom is -0.324 e. The van der Waals surface area contributed by atoms with Crippen molar-refractivity contribution in [3.8, 4) is 0 Å². The van der Waals surface area contributed by atoms with Gasteiger partial charge in [-0.3, -0.25) is 4.79 Å². The number of amides is 1. The lowest BCUT2D eigenvalue weighted by Crippen LogP contribution is -2.45. The quantitative estimate of drug-likeness (QED) is 0.788. The largest absolute Gasteiger partial charge is 0.408 e. The molecule has 0 aliphatic carbocycles. The molecule has 112 valence electrons. The van der Waals surface area contributed by atoms with Crippen molar-refractivity contribution in [1.82, 2.24) is 25.1 Å². The second-order valence-electron chi connectivity index (χ2n) is 5.77. The maximum absolute atomic E-state index is 12.8. The zero-order valence-corrected chi connectivity index (χ0v) is 11.5. The Balaban J connectivity index is 2.21. The summed E-state index contributed by atoms with van der Waals surface area (Å²) in [5.41, 5.74) is -0.486. The third-order valence-electron chi connectivity index (χ3n) is 3.10. The van der Waals surface area contributed by atoms with Gasteiger partial charge < -0.3 is 4.90 Å². The lowest BCUT2D eigenvalue weighted by Gasteiger charge is -2.25. The highest BCUT2D eigenvalue weighted by Gasteiger charge is 2.48. The van der Waals surface area contributed by atoms with Crippen LogP contribution in [-0.4, -0.2) is 49.8 Å².